The van der Waals surface area contributed by atoms with E-state index in [4.69, 9.17) is 0 Å². The van der Waals surface area contributed by atoms with Gasteiger partial charge < -0.3 is 4.98 Å². The summed E-state index contributed by atoms with van der Waals surface area (Å²) in [6.45, 7) is 53.6. The Morgan fingerprint density at radius 1 is 0.447 bits per heavy atom. The number of allylic oxidation sites excluding steroid dienone is 1. The average molecular weight is 1050 g/mol. The molecule has 5 heteroatoms. The summed E-state index contributed by atoms with van der Waals surface area (Å²) in [5.41, 5.74) is 19.6. The Balaban J connectivity index is 0.000000884. The van der Waals surface area contributed by atoms with E-state index in [-0.39, 0.29) is 29.1 Å². The fourth-order valence-electron chi connectivity index (χ4n) is 8.01. The average Bonchev–Trinajstić information content (AvgIpc) is 4.26. The van der Waals surface area contributed by atoms with Crippen LogP contribution in [-0.4, -0.2) is 20.2 Å². The maximum atomic E-state index is 4.31. The second-order valence-corrected chi connectivity index (χ2v) is 24.0. The summed E-state index contributed by atoms with van der Waals surface area (Å²) >= 11 is 1.70. The van der Waals surface area contributed by atoms with Crippen molar-refractivity contribution in [1.82, 2.24) is 20.2 Å². The molecule has 3 aromatic heterocycles. The van der Waals surface area contributed by atoms with Crippen LogP contribution < -0.4 is 0 Å². The molecule has 0 radical (unpaired) electrons. The van der Waals surface area contributed by atoms with Gasteiger partial charge in [0, 0.05) is 17.1 Å². The van der Waals surface area contributed by atoms with Crippen molar-refractivity contribution in [2.45, 2.75) is 233 Å². The van der Waals surface area contributed by atoms with Crippen molar-refractivity contribution in [3.63, 3.8) is 0 Å². The molecular weight excluding hydrogens is 941 g/mol. The van der Waals surface area contributed by atoms with E-state index in [0.717, 1.165) is 17.5 Å². The summed E-state index contributed by atoms with van der Waals surface area (Å²) < 4.78 is 1.27. The molecule has 3 heterocycles. The van der Waals surface area contributed by atoms with E-state index in [0.29, 0.717) is 5.41 Å². The third-order valence-corrected chi connectivity index (χ3v) is 13.3. The van der Waals surface area contributed by atoms with Crippen LogP contribution in [-0.2, 0) is 46.3 Å². The third-order valence-electron chi connectivity index (χ3n) is 12.5. The summed E-state index contributed by atoms with van der Waals surface area (Å²) in [4.78, 5) is 7.54. The third kappa shape index (κ3) is 22.0. The van der Waals surface area contributed by atoms with Crippen molar-refractivity contribution in [3.8, 4) is 0 Å². The minimum atomic E-state index is 0. The van der Waals surface area contributed by atoms with Gasteiger partial charge >= 0.3 is 0 Å². The molecule has 420 valence electrons. The van der Waals surface area contributed by atoms with Gasteiger partial charge in [0.25, 0.3) is 0 Å². The standard InChI is InChI=1S/C13H18.C13H16.C12H15N.C11H14N2.C11H13NS.5C2H6.CH4/c2*1-13(2,3)12-8-7-10-5-4-6-11(10)9-12;1-12(2,3)10-5-4-9-6-7-13-11(9)8-10;1-11(2,3)9-5-4-8-7-12-13-10(8)6-9;1-11(2,3)8-4-5-10-9(6-8)12-7-13-10;5*1-2;/h7-9H,4-6H2,1-3H3;4-5,7-9H,6H2,1-3H3;4-8,13H,1-3H3;4-7H,1-3H3,(H,12,13);4-7H,1-3H3;5*1-2H3;1H4. The lowest BCUT2D eigenvalue weighted by Crippen LogP contribution is -2.11. The number of thiazole rings is 1. The number of aromatic nitrogens is 4. The maximum absolute atomic E-state index is 4.31. The van der Waals surface area contributed by atoms with Gasteiger partial charge in [-0.1, -0.05) is 259 Å². The van der Waals surface area contributed by atoms with Crippen molar-refractivity contribution >= 4 is 49.4 Å². The van der Waals surface area contributed by atoms with Crippen LogP contribution in [0.1, 0.15) is 237 Å². The molecule has 8 aromatic rings. The van der Waals surface area contributed by atoms with E-state index in [1.54, 1.807) is 22.5 Å². The second kappa shape index (κ2) is 33.1. The molecule has 4 nitrogen and oxygen atoms in total. The predicted molar refractivity (Wildman–Crippen MR) is 349 cm³/mol. The van der Waals surface area contributed by atoms with Gasteiger partial charge in [0.1, 0.15) is 0 Å². The van der Waals surface area contributed by atoms with Crippen LogP contribution in [0.15, 0.2) is 121 Å². The Morgan fingerprint density at radius 2 is 0.895 bits per heavy atom. The van der Waals surface area contributed by atoms with Crippen LogP contribution in [0.3, 0.4) is 0 Å². The van der Waals surface area contributed by atoms with Gasteiger partial charge in [-0.25, -0.2) is 4.98 Å². The largest absolute Gasteiger partial charge is 0.361 e. The first-order valence-corrected chi connectivity index (χ1v) is 29.5. The predicted octanol–water partition coefficient (Wildman–Crippen LogP) is 22.7. The number of H-pyrrole nitrogens is 2. The fraction of sp³-hybridized carbons (Fsp3) is 0.493. The number of rotatable bonds is 0. The smallest absolute Gasteiger partial charge is 0.0814 e. The lowest BCUT2D eigenvalue weighted by atomic mass is 9.85. The van der Waals surface area contributed by atoms with Crippen LogP contribution in [0.5, 0.6) is 0 Å². The summed E-state index contributed by atoms with van der Waals surface area (Å²) in [7, 11) is 0. The highest BCUT2D eigenvalue weighted by molar-refractivity contribution is 7.16. The first-order valence-electron chi connectivity index (χ1n) is 28.6. The van der Waals surface area contributed by atoms with Crippen LogP contribution >= 0.6 is 11.3 Å². The number of hydrogen-bond donors (Lipinski definition) is 2. The summed E-state index contributed by atoms with van der Waals surface area (Å²) in [6, 6.07) is 35.5. The molecule has 2 aliphatic carbocycles. The topological polar surface area (TPSA) is 57.4 Å². The number of nitrogens with zero attached hydrogens (tertiary/aromatic N) is 2. The quantitative estimate of drug-likeness (QED) is 0.159. The summed E-state index contributed by atoms with van der Waals surface area (Å²) in [6.07, 6.45) is 13.3. The van der Waals surface area contributed by atoms with E-state index in [1.807, 2.05) is 87.1 Å². The molecule has 5 aromatic carbocycles. The number of aryl methyl sites for hydroxylation is 2. The van der Waals surface area contributed by atoms with Crippen molar-refractivity contribution in [3.05, 3.63) is 171 Å². The van der Waals surface area contributed by atoms with E-state index in [9.17, 15) is 0 Å². The molecule has 0 amide bonds. The lowest BCUT2D eigenvalue weighted by molar-refractivity contribution is 0.589. The molecule has 0 aliphatic heterocycles. The number of benzene rings is 5. The molecule has 10 rings (SSSR count). The summed E-state index contributed by atoms with van der Waals surface area (Å²) in [5.74, 6) is 0. The monoisotopic (exact) mass is 1050 g/mol. The molecule has 0 saturated heterocycles. The first-order chi connectivity index (χ1) is 35.4. The zero-order valence-electron chi connectivity index (χ0n) is 52.3. The van der Waals surface area contributed by atoms with E-state index in [1.165, 1.54) is 79.2 Å². The zero-order valence-corrected chi connectivity index (χ0v) is 53.1. The Kier molecular flexibility index (Phi) is 30.8. The molecular formula is C71H110N4S. The molecule has 76 heavy (non-hydrogen) atoms. The number of hydrogen-bond acceptors (Lipinski definition) is 3. The van der Waals surface area contributed by atoms with Crippen LogP contribution in [0, 0.1) is 0 Å². The molecule has 0 spiro atoms. The van der Waals surface area contributed by atoms with Gasteiger partial charge in [0.15, 0.2) is 0 Å². The van der Waals surface area contributed by atoms with E-state index >= 15 is 0 Å². The van der Waals surface area contributed by atoms with Gasteiger partial charge in [0.05, 0.1) is 27.4 Å². The molecule has 0 bridgehead atoms. The molecule has 0 saturated carbocycles. The van der Waals surface area contributed by atoms with E-state index < -0.39 is 0 Å². The minimum Gasteiger partial charge on any atom is -0.361 e. The Labute approximate surface area is 471 Å². The molecule has 2 aliphatic rings. The Morgan fingerprint density at radius 3 is 1.45 bits per heavy atom. The lowest BCUT2D eigenvalue weighted by Gasteiger charge is -2.19. The SMILES string of the molecule is C.CC.CC.CC.CC.CC.CC(C)(C)c1ccc2c(c1)CC=C2.CC(C)(C)c1ccc2c(c1)CCC2.CC(C)(C)c1ccc2cc[nH]c2c1.CC(C)(C)c1ccc2cn[nH]c2c1.CC(C)(C)c1ccc2scnc2c1. The van der Waals surface area contributed by atoms with Gasteiger partial charge in [-0.2, -0.15) is 5.10 Å². The Bertz CT molecular complexity index is 2620. The van der Waals surface area contributed by atoms with Crippen LogP contribution in [0.4, 0.5) is 0 Å². The normalized spacial score (nSPS) is 11.9. The molecule has 0 unspecified atom stereocenters. The Hall–Kier alpha value is -5.26. The fourth-order valence-corrected chi connectivity index (χ4v) is 8.66. The molecule has 0 fully saturated rings. The number of nitrogens with one attached hydrogen (secondary N) is 2. The second-order valence-electron chi connectivity index (χ2n) is 23.1. The van der Waals surface area contributed by atoms with Gasteiger partial charge in [-0.05, 0) is 139 Å². The van der Waals surface area contributed by atoms with Crippen LogP contribution in [0.25, 0.3) is 38.1 Å². The first kappa shape index (κ1) is 70.7. The van der Waals surface area contributed by atoms with Crippen molar-refractivity contribution in [2.75, 3.05) is 0 Å². The van der Waals surface area contributed by atoms with Gasteiger partial charge in [-0.3, -0.25) is 5.10 Å². The highest BCUT2D eigenvalue weighted by atomic mass is 32.1. The van der Waals surface area contributed by atoms with Crippen LogP contribution in [0.2, 0.25) is 0 Å². The van der Waals surface area contributed by atoms with Crippen molar-refractivity contribution in [2.24, 2.45) is 0 Å². The minimum absolute atomic E-state index is 0. The molecule has 2 N–H and O–H groups in total. The number of fused-ring (bicyclic) bond motifs is 5. The maximum Gasteiger partial charge on any atom is 0.0814 e. The number of aromatic amines is 2. The van der Waals surface area contributed by atoms with Gasteiger partial charge in [-0.15, -0.1) is 11.3 Å². The highest BCUT2D eigenvalue weighted by Gasteiger charge is 2.19. The van der Waals surface area contributed by atoms with Crippen molar-refractivity contribution < 1.29 is 0 Å². The van der Waals surface area contributed by atoms with E-state index in [2.05, 4.69) is 233 Å². The molecule has 0 atom stereocenters. The van der Waals surface area contributed by atoms with Crippen molar-refractivity contribution in [1.29, 1.82) is 0 Å². The van der Waals surface area contributed by atoms with Gasteiger partial charge in [0.2, 0.25) is 0 Å². The summed E-state index contributed by atoms with van der Waals surface area (Å²) in [5, 5.41) is 9.44. The zero-order chi connectivity index (χ0) is 57.4. The highest BCUT2D eigenvalue weighted by Crippen LogP contribution is 2.31.